The van der Waals surface area contributed by atoms with Crippen LogP contribution in [-0.4, -0.2) is 31.6 Å². The highest BCUT2D eigenvalue weighted by atomic mass is 16.7. The van der Waals surface area contributed by atoms with Crippen LogP contribution in [0.3, 0.4) is 0 Å². The van der Waals surface area contributed by atoms with Crippen LogP contribution in [0.5, 0.6) is 11.5 Å². The molecule has 1 aliphatic rings. The van der Waals surface area contributed by atoms with E-state index in [4.69, 9.17) is 14.3 Å². The molecule has 0 fully saturated rings. The zero-order chi connectivity index (χ0) is 13.7. The van der Waals surface area contributed by atoms with Gasteiger partial charge in [-0.15, -0.1) is 0 Å². The molecule has 0 spiro atoms. The van der Waals surface area contributed by atoms with Crippen molar-refractivity contribution in [2.75, 3.05) is 19.9 Å². The van der Waals surface area contributed by atoms with E-state index in [0.717, 1.165) is 11.3 Å². The first kappa shape index (κ1) is 13.2. The van der Waals surface area contributed by atoms with E-state index in [0.29, 0.717) is 18.0 Å². The number of nitrogens with one attached hydrogen (secondary N) is 1. The summed E-state index contributed by atoms with van der Waals surface area (Å²) in [5.74, 6) is 1.22. The van der Waals surface area contributed by atoms with Crippen LogP contribution in [0.1, 0.15) is 19.4 Å². The molecule has 0 bridgehead atoms. The maximum atomic E-state index is 11.2. The zero-order valence-electron chi connectivity index (χ0n) is 10.9. The van der Waals surface area contributed by atoms with Gasteiger partial charge in [-0.05, 0) is 32.0 Å². The lowest BCUT2D eigenvalue weighted by molar-refractivity contribution is -0.125. The fraction of sp³-hybridized carbons (Fsp3) is 0.385. The standard InChI is InChI=1S/C13H16N2O4/c1-3-14-13(16)7-19-15-9(2)10-4-5-11-12(6-10)18-8-17-11/h4-6H,3,7-8H2,1-2H3,(H,14,16)/b15-9+. The Bertz CT molecular complexity index is 499. The molecule has 0 radical (unpaired) electrons. The first-order chi connectivity index (χ1) is 9.20. The SMILES string of the molecule is CCNC(=O)CO/N=C(\C)c1ccc2c(c1)OCO2. The molecule has 0 unspecified atom stereocenters. The van der Waals surface area contributed by atoms with Gasteiger partial charge in [-0.1, -0.05) is 5.16 Å². The lowest BCUT2D eigenvalue weighted by atomic mass is 10.1. The molecule has 2 rings (SSSR count). The third-order valence-electron chi connectivity index (χ3n) is 2.56. The van der Waals surface area contributed by atoms with Crippen molar-refractivity contribution in [3.63, 3.8) is 0 Å². The Labute approximate surface area is 111 Å². The lowest BCUT2D eigenvalue weighted by Gasteiger charge is -2.04. The summed E-state index contributed by atoms with van der Waals surface area (Å²) in [6, 6.07) is 5.51. The fourth-order valence-electron chi connectivity index (χ4n) is 1.61. The molecule has 1 aromatic rings. The highest BCUT2D eigenvalue weighted by molar-refractivity contribution is 5.99. The quantitative estimate of drug-likeness (QED) is 0.642. The van der Waals surface area contributed by atoms with Gasteiger partial charge in [-0.2, -0.15) is 0 Å². The molecule has 0 saturated carbocycles. The summed E-state index contributed by atoms with van der Waals surface area (Å²) in [7, 11) is 0. The molecule has 102 valence electrons. The monoisotopic (exact) mass is 264 g/mol. The fourth-order valence-corrected chi connectivity index (χ4v) is 1.61. The molecule has 0 saturated heterocycles. The van der Waals surface area contributed by atoms with Gasteiger partial charge in [-0.25, -0.2) is 0 Å². The first-order valence-corrected chi connectivity index (χ1v) is 6.04. The number of rotatable bonds is 5. The number of amides is 1. The maximum Gasteiger partial charge on any atom is 0.260 e. The summed E-state index contributed by atoms with van der Waals surface area (Å²) >= 11 is 0. The molecule has 1 aromatic carbocycles. The van der Waals surface area contributed by atoms with Crippen molar-refractivity contribution in [2.24, 2.45) is 5.16 Å². The number of fused-ring (bicyclic) bond motifs is 1. The minimum absolute atomic E-state index is 0.0876. The Morgan fingerprint density at radius 3 is 3.00 bits per heavy atom. The normalized spacial score (nSPS) is 13.3. The first-order valence-electron chi connectivity index (χ1n) is 6.04. The summed E-state index contributed by atoms with van der Waals surface area (Å²) in [6.45, 7) is 4.37. The number of hydrogen-bond acceptors (Lipinski definition) is 5. The van der Waals surface area contributed by atoms with E-state index in [1.165, 1.54) is 0 Å². The molecule has 1 N–H and O–H groups in total. The van der Waals surface area contributed by atoms with E-state index in [1.54, 1.807) is 6.92 Å². The Balaban J connectivity index is 1.95. The molecule has 0 atom stereocenters. The van der Waals surface area contributed by atoms with Crippen molar-refractivity contribution >= 4 is 11.6 Å². The molecular weight excluding hydrogens is 248 g/mol. The third-order valence-corrected chi connectivity index (χ3v) is 2.56. The van der Waals surface area contributed by atoms with Crippen molar-refractivity contribution < 1.29 is 19.1 Å². The van der Waals surface area contributed by atoms with Crippen molar-refractivity contribution in [3.05, 3.63) is 23.8 Å². The van der Waals surface area contributed by atoms with Crippen LogP contribution in [0.25, 0.3) is 0 Å². The number of ether oxygens (including phenoxy) is 2. The Morgan fingerprint density at radius 1 is 1.42 bits per heavy atom. The number of nitrogens with zero attached hydrogens (tertiary/aromatic N) is 1. The molecule has 1 heterocycles. The number of carbonyl (C=O) groups is 1. The molecule has 1 aliphatic heterocycles. The summed E-state index contributed by atoms with van der Waals surface area (Å²) in [5.41, 5.74) is 1.53. The average molecular weight is 264 g/mol. The van der Waals surface area contributed by atoms with Crippen molar-refractivity contribution in [3.8, 4) is 11.5 Å². The second kappa shape index (κ2) is 6.08. The van der Waals surface area contributed by atoms with Gasteiger partial charge in [0.15, 0.2) is 18.1 Å². The van der Waals surface area contributed by atoms with Gasteiger partial charge in [0.05, 0.1) is 5.71 Å². The van der Waals surface area contributed by atoms with Crippen molar-refractivity contribution in [1.29, 1.82) is 0 Å². The topological polar surface area (TPSA) is 69.2 Å². The van der Waals surface area contributed by atoms with Gasteiger partial charge in [0.25, 0.3) is 5.91 Å². The van der Waals surface area contributed by atoms with Crippen LogP contribution in [0.4, 0.5) is 0 Å². The molecule has 19 heavy (non-hydrogen) atoms. The summed E-state index contributed by atoms with van der Waals surface area (Å²) in [5, 5.41) is 6.52. The molecule has 0 aliphatic carbocycles. The second-order valence-corrected chi connectivity index (χ2v) is 3.97. The Hall–Kier alpha value is -2.24. The Morgan fingerprint density at radius 2 is 2.21 bits per heavy atom. The lowest BCUT2D eigenvalue weighted by Crippen LogP contribution is -2.26. The predicted octanol–water partition coefficient (Wildman–Crippen LogP) is 1.29. The van der Waals surface area contributed by atoms with Gasteiger partial charge >= 0.3 is 0 Å². The number of oxime groups is 1. The average Bonchev–Trinajstić information content (AvgIpc) is 2.86. The number of benzene rings is 1. The van der Waals surface area contributed by atoms with Gasteiger partial charge in [-0.3, -0.25) is 4.79 Å². The summed E-state index contributed by atoms with van der Waals surface area (Å²) in [4.78, 5) is 16.2. The molecule has 1 amide bonds. The van der Waals surface area contributed by atoms with E-state index in [2.05, 4.69) is 10.5 Å². The smallest absolute Gasteiger partial charge is 0.260 e. The number of hydrogen-bond donors (Lipinski definition) is 1. The summed E-state index contributed by atoms with van der Waals surface area (Å²) < 4.78 is 10.5. The highest BCUT2D eigenvalue weighted by Crippen LogP contribution is 2.32. The van der Waals surface area contributed by atoms with Gasteiger partial charge in [0.1, 0.15) is 0 Å². The van der Waals surface area contributed by atoms with Crippen LogP contribution in [-0.2, 0) is 9.63 Å². The molecule has 6 nitrogen and oxygen atoms in total. The number of carbonyl (C=O) groups excluding carboxylic acids is 1. The van der Waals surface area contributed by atoms with Crippen LogP contribution < -0.4 is 14.8 Å². The van der Waals surface area contributed by atoms with Gasteiger partial charge in [0.2, 0.25) is 6.79 Å². The van der Waals surface area contributed by atoms with Gasteiger partial charge in [0, 0.05) is 12.1 Å². The minimum Gasteiger partial charge on any atom is -0.454 e. The van der Waals surface area contributed by atoms with Crippen LogP contribution >= 0.6 is 0 Å². The largest absolute Gasteiger partial charge is 0.454 e. The van der Waals surface area contributed by atoms with E-state index in [9.17, 15) is 4.79 Å². The van der Waals surface area contributed by atoms with E-state index in [-0.39, 0.29) is 19.3 Å². The highest BCUT2D eigenvalue weighted by Gasteiger charge is 2.14. The summed E-state index contributed by atoms with van der Waals surface area (Å²) in [6.07, 6.45) is 0. The predicted molar refractivity (Wildman–Crippen MR) is 69.4 cm³/mol. The third kappa shape index (κ3) is 3.37. The second-order valence-electron chi connectivity index (χ2n) is 3.97. The van der Waals surface area contributed by atoms with Crippen molar-refractivity contribution in [1.82, 2.24) is 5.32 Å². The van der Waals surface area contributed by atoms with Crippen LogP contribution in [0.2, 0.25) is 0 Å². The molecular formula is C13H16N2O4. The molecule has 6 heteroatoms. The maximum absolute atomic E-state index is 11.2. The number of likely N-dealkylation sites (N-methyl/N-ethyl adjacent to an activating group) is 1. The van der Waals surface area contributed by atoms with Gasteiger partial charge < -0.3 is 19.6 Å². The van der Waals surface area contributed by atoms with E-state index < -0.39 is 0 Å². The Kier molecular flexibility index (Phi) is 4.22. The van der Waals surface area contributed by atoms with E-state index in [1.807, 2.05) is 25.1 Å². The minimum atomic E-state index is -0.190. The van der Waals surface area contributed by atoms with E-state index >= 15 is 0 Å². The van der Waals surface area contributed by atoms with Crippen LogP contribution in [0, 0.1) is 0 Å². The zero-order valence-corrected chi connectivity index (χ0v) is 10.9. The van der Waals surface area contributed by atoms with Crippen LogP contribution in [0.15, 0.2) is 23.4 Å². The van der Waals surface area contributed by atoms with Crippen molar-refractivity contribution in [2.45, 2.75) is 13.8 Å². The molecule has 0 aromatic heterocycles.